The first kappa shape index (κ1) is 31.1. The van der Waals surface area contributed by atoms with Gasteiger partial charge in [0.2, 0.25) is 5.91 Å². The maximum absolute atomic E-state index is 14.8. The lowest BCUT2D eigenvalue weighted by Gasteiger charge is -2.22. The monoisotopic (exact) mass is 602 g/mol. The molecule has 0 saturated heterocycles. The number of rotatable bonds is 6. The summed E-state index contributed by atoms with van der Waals surface area (Å²) >= 11 is 0. The highest BCUT2D eigenvalue weighted by molar-refractivity contribution is 5.95. The maximum atomic E-state index is 14.8. The average molecular weight is 603 g/mol. The predicted octanol–water partition coefficient (Wildman–Crippen LogP) is 7.25. The molecule has 1 N–H and O–H groups in total. The fourth-order valence-corrected chi connectivity index (χ4v) is 4.60. The lowest BCUT2D eigenvalue weighted by molar-refractivity contribution is -0.138. The van der Waals surface area contributed by atoms with Gasteiger partial charge in [0, 0.05) is 11.3 Å². The Labute approximate surface area is 241 Å². The Hall–Kier alpha value is -4.84. The molecule has 12 heteroatoms. The van der Waals surface area contributed by atoms with Crippen LogP contribution in [0.4, 0.5) is 36.4 Å². The molecule has 0 spiro atoms. The van der Waals surface area contributed by atoms with E-state index in [0.717, 1.165) is 12.1 Å². The summed E-state index contributed by atoms with van der Waals surface area (Å²) in [5, 5.41) is 11.4. The molecule has 1 unspecified atom stereocenters. The van der Waals surface area contributed by atoms with Gasteiger partial charge in [-0.25, -0.2) is 9.18 Å². The third kappa shape index (κ3) is 7.15. The van der Waals surface area contributed by atoms with Gasteiger partial charge in [-0.15, -0.1) is 0 Å². The Kier molecular flexibility index (Phi) is 8.54. The lowest BCUT2D eigenvalue weighted by atomic mass is 9.84. The molecule has 0 radical (unpaired) electrons. The van der Waals surface area contributed by atoms with Crippen molar-refractivity contribution >= 4 is 17.6 Å². The standard InChI is InChI=1S/C31H21F7N2O3/c1-43-28(42)19-5-2-18(3-6-19)4-7-20(27(41)40-23-10-8-21(17-39)24(15-23)31(36,37)38)16-29(12-13-29)25-14-22(30(33,34)35)9-11-26(25)32/h2-3,5-6,8-11,14-15,20H,12-13,16H2,1H3,(H,40,41). The van der Waals surface area contributed by atoms with E-state index in [-0.39, 0.29) is 36.1 Å². The minimum absolute atomic E-state index is 0.223. The second-order valence-corrected chi connectivity index (χ2v) is 9.93. The molecule has 43 heavy (non-hydrogen) atoms. The van der Waals surface area contributed by atoms with Crippen LogP contribution in [0.15, 0.2) is 60.7 Å². The van der Waals surface area contributed by atoms with Crippen molar-refractivity contribution in [1.29, 1.82) is 5.26 Å². The molecular formula is C31H21F7N2O3. The zero-order valence-corrected chi connectivity index (χ0v) is 22.3. The second kappa shape index (κ2) is 11.8. The Morgan fingerprint density at radius 1 is 0.977 bits per heavy atom. The van der Waals surface area contributed by atoms with Gasteiger partial charge in [-0.1, -0.05) is 11.8 Å². The maximum Gasteiger partial charge on any atom is 0.417 e. The highest BCUT2D eigenvalue weighted by atomic mass is 19.4. The number of ether oxygens (including phenoxy) is 1. The average Bonchev–Trinajstić information content (AvgIpc) is 3.74. The number of carbonyl (C=O) groups is 2. The van der Waals surface area contributed by atoms with Gasteiger partial charge in [0.15, 0.2) is 0 Å². The van der Waals surface area contributed by atoms with E-state index in [2.05, 4.69) is 21.9 Å². The van der Waals surface area contributed by atoms with Crippen molar-refractivity contribution in [2.24, 2.45) is 5.92 Å². The number of alkyl halides is 6. The van der Waals surface area contributed by atoms with Crippen LogP contribution < -0.4 is 5.32 Å². The third-order valence-corrected chi connectivity index (χ3v) is 7.04. The Morgan fingerprint density at radius 3 is 2.21 bits per heavy atom. The first-order valence-corrected chi connectivity index (χ1v) is 12.7. The van der Waals surface area contributed by atoms with E-state index in [0.29, 0.717) is 29.8 Å². The van der Waals surface area contributed by atoms with Crippen LogP contribution in [-0.2, 0) is 27.3 Å². The second-order valence-electron chi connectivity index (χ2n) is 9.93. The third-order valence-electron chi connectivity index (χ3n) is 7.04. The van der Waals surface area contributed by atoms with E-state index in [4.69, 9.17) is 5.26 Å². The van der Waals surface area contributed by atoms with E-state index in [9.17, 15) is 40.3 Å². The molecule has 1 atom stereocenters. The molecule has 3 aromatic rings. The summed E-state index contributed by atoms with van der Waals surface area (Å²) in [6.45, 7) is 0. The molecule has 0 aromatic heterocycles. The number of amides is 1. The Bertz CT molecular complexity index is 1660. The fourth-order valence-electron chi connectivity index (χ4n) is 4.60. The number of hydrogen-bond donors (Lipinski definition) is 1. The topological polar surface area (TPSA) is 79.2 Å². The summed E-state index contributed by atoms with van der Waals surface area (Å²) in [4.78, 5) is 25.1. The van der Waals surface area contributed by atoms with Crippen LogP contribution in [0.25, 0.3) is 0 Å². The molecule has 1 aliphatic rings. The number of carbonyl (C=O) groups excluding carboxylic acids is 2. The molecule has 0 aliphatic heterocycles. The lowest BCUT2D eigenvalue weighted by Crippen LogP contribution is -2.27. The van der Waals surface area contributed by atoms with Crippen LogP contribution in [0.2, 0.25) is 0 Å². The van der Waals surface area contributed by atoms with E-state index < -0.39 is 58.1 Å². The molecule has 0 heterocycles. The van der Waals surface area contributed by atoms with E-state index in [1.807, 2.05) is 0 Å². The van der Waals surface area contributed by atoms with Crippen LogP contribution in [0.1, 0.15) is 57.4 Å². The van der Waals surface area contributed by atoms with Crippen LogP contribution >= 0.6 is 0 Å². The van der Waals surface area contributed by atoms with E-state index >= 15 is 0 Å². The number of anilines is 1. The molecule has 4 rings (SSSR count). The van der Waals surface area contributed by atoms with Crippen LogP contribution in [0.3, 0.4) is 0 Å². The van der Waals surface area contributed by atoms with Crippen molar-refractivity contribution in [1.82, 2.24) is 0 Å². The van der Waals surface area contributed by atoms with Gasteiger partial charge in [-0.05, 0) is 90.9 Å². The smallest absolute Gasteiger partial charge is 0.417 e. The molecule has 1 amide bonds. The quantitative estimate of drug-likeness (QED) is 0.183. The molecule has 1 fully saturated rings. The summed E-state index contributed by atoms with van der Waals surface area (Å²) in [6.07, 6.45) is -9.36. The van der Waals surface area contributed by atoms with Crippen LogP contribution in [0.5, 0.6) is 0 Å². The SMILES string of the molecule is COC(=O)c1ccc(C#CC(CC2(c3cc(C(F)(F)F)ccc3F)CC2)C(=O)Nc2ccc(C#N)c(C(F)(F)F)c2)cc1. The summed E-state index contributed by atoms with van der Waals surface area (Å²) < 4.78 is 100.0. The molecular weight excluding hydrogens is 581 g/mol. The zero-order valence-electron chi connectivity index (χ0n) is 22.3. The van der Waals surface area contributed by atoms with E-state index in [1.54, 1.807) is 0 Å². The number of nitriles is 1. The van der Waals surface area contributed by atoms with Crippen LogP contribution in [0, 0.1) is 34.9 Å². The predicted molar refractivity (Wildman–Crippen MR) is 140 cm³/mol. The normalized spacial score (nSPS) is 14.5. The Balaban J connectivity index is 1.70. The summed E-state index contributed by atoms with van der Waals surface area (Å²) in [5.41, 5.74) is -4.12. The molecule has 222 valence electrons. The number of benzene rings is 3. The molecule has 1 aliphatic carbocycles. The number of halogens is 7. The van der Waals surface area contributed by atoms with Crippen molar-refractivity contribution in [2.45, 2.75) is 37.0 Å². The van der Waals surface area contributed by atoms with Crippen molar-refractivity contribution in [3.8, 4) is 17.9 Å². The summed E-state index contributed by atoms with van der Waals surface area (Å²) in [7, 11) is 1.20. The van der Waals surface area contributed by atoms with Crippen molar-refractivity contribution < 1.29 is 45.1 Å². The van der Waals surface area contributed by atoms with Gasteiger partial charge in [0.05, 0.1) is 35.4 Å². The minimum Gasteiger partial charge on any atom is -0.465 e. The molecule has 1 saturated carbocycles. The van der Waals surface area contributed by atoms with Gasteiger partial charge in [-0.3, -0.25) is 4.79 Å². The van der Waals surface area contributed by atoms with Crippen molar-refractivity contribution in [3.05, 3.63) is 99.9 Å². The molecule has 0 bridgehead atoms. The summed E-state index contributed by atoms with van der Waals surface area (Å²) in [6, 6.07) is 11.8. The van der Waals surface area contributed by atoms with Crippen molar-refractivity contribution in [2.75, 3.05) is 12.4 Å². The van der Waals surface area contributed by atoms with Crippen LogP contribution in [-0.4, -0.2) is 19.0 Å². The Morgan fingerprint density at radius 2 is 1.65 bits per heavy atom. The highest BCUT2D eigenvalue weighted by Crippen LogP contribution is 2.54. The van der Waals surface area contributed by atoms with Gasteiger partial charge < -0.3 is 10.1 Å². The van der Waals surface area contributed by atoms with Crippen molar-refractivity contribution in [3.63, 3.8) is 0 Å². The van der Waals surface area contributed by atoms with Gasteiger partial charge in [-0.2, -0.15) is 31.6 Å². The first-order valence-electron chi connectivity index (χ1n) is 12.7. The van der Waals surface area contributed by atoms with E-state index in [1.165, 1.54) is 37.4 Å². The summed E-state index contributed by atoms with van der Waals surface area (Å²) in [5.74, 6) is 1.79. The number of nitrogens with one attached hydrogen (secondary N) is 1. The number of methoxy groups -OCH3 is 1. The number of esters is 1. The first-order chi connectivity index (χ1) is 20.2. The molecule has 3 aromatic carbocycles. The minimum atomic E-state index is -4.89. The highest BCUT2D eigenvalue weighted by Gasteiger charge is 2.49. The van der Waals surface area contributed by atoms with Gasteiger partial charge in [0.1, 0.15) is 11.7 Å². The number of hydrogen-bond acceptors (Lipinski definition) is 4. The zero-order chi connectivity index (χ0) is 31.6. The largest absolute Gasteiger partial charge is 0.465 e. The fraction of sp³-hybridized carbons (Fsp3) is 0.258. The number of nitrogens with zero attached hydrogens (tertiary/aromatic N) is 1. The van der Waals surface area contributed by atoms with Gasteiger partial charge in [0.25, 0.3) is 0 Å². The van der Waals surface area contributed by atoms with Gasteiger partial charge >= 0.3 is 18.3 Å². The molecule has 5 nitrogen and oxygen atoms in total.